The van der Waals surface area contributed by atoms with Crippen molar-refractivity contribution in [1.82, 2.24) is 4.90 Å². The van der Waals surface area contributed by atoms with E-state index < -0.39 is 0 Å². The summed E-state index contributed by atoms with van der Waals surface area (Å²) < 4.78 is 5.22. The number of nitrogens with one attached hydrogen (secondary N) is 1. The zero-order chi connectivity index (χ0) is 13.7. The zero-order valence-electron chi connectivity index (χ0n) is 11.7. The van der Waals surface area contributed by atoms with Gasteiger partial charge in [0.25, 0.3) is 0 Å². The van der Waals surface area contributed by atoms with Crippen LogP contribution in [0.4, 0.5) is 5.69 Å². The Morgan fingerprint density at radius 2 is 2.26 bits per heavy atom. The molecule has 4 heteroatoms. The number of carbonyl (C=O) groups excluding carboxylic acids is 1. The van der Waals surface area contributed by atoms with Crippen LogP contribution < -0.4 is 10.1 Å². The predicted octanol–water partition coefficient (Wildman–Crippen LogP) is 2.37. The quantitative estimate of drug-likeness (QED) is 0.905. The minimum Gasteiger partial charge on any atom is -0.495 e. The molecule has 1 saturated heterocycles. The molecule has 0 radical (unpaired) electrons. The third-order valence-electron chi connectivity index (χ3n) is 3.49. The van der Waals surface area contributed by atoms with Gasteiger partial charge in [-0.2, -0.15) is 0 Å². The van der Waals surface area contributed by atoms with E-state index in [4.69, 9.17) is 4.74 Å². The van der Waals surface area contributed by atoms with Gasteiger partial charge in [-0.3, -0.25) is 9.69 Å². The molecule has 0 saturated carbocycles. The first kappa shape index (κ1) is 13.9. The number of rotatable bonds is 4. The summed E-state index contributed by atoms with van der Waals surface area (Å²) in [6, 6.07) is 7.48. The molecular weight excluding hydrogens is 240 g/mol. The highest BCUT2D eigenvalue weighted by molar-refractivity contribution is 5.93. The SMILES string of the molecule is COc1ccccc1NC(=O)CN1CCC[C@H](C)C1. The Kier molecular flexibility index (Phi) is 4.80. The van der Waals surface area contributed by atoms with Crippen molar-refractivity contribution in [3.05, 3.63) is 24.3 Å². The molecule has 1 aliphatic rings. The number of benzene rings is 1. The largest absolute Gasteiger partial charge is 0.495 e. The number of ether oxygens (including phenoxy) is 1. The van der Waals surface area contributed by atoms with Crippen molar-refractivity contribution in [2.24, 2.45) is 5.92 Å². The van der Waals surface area contributed by atoms with Crippen LogP contribution in [0.3, 0.4) is 0 Å². The highest BCUT2D eigenvalue weighted by Gasteiger charge is 2.18. The lowest BCUT2D eigenvalue weighted by Gasteiger charge is -2.30. The number of piperidine rings is 1. The van der Waals surface area contributed by atoms with Gasteiger partial charge in [0.1, 0.15) is 5.75 Å². The van der Waals surface area contributed by atoms with Crippen molar-refractivity contribution in [2.45, 2.75) is 19.8 Å². The topological polar surface area (TPSA) is 41.6 Å². The number of nitrogens with zero attached hydrogens (tertiary/aromatic N) is 1. The molecule has 19 heavy (non-hydrogen) atoms. The van der Waals surface area contributed by atoms with Crippen molar-refractivity contribution in [3.8, 4) is 5.75 Å². The van der Waals surface area contributed by atoms with E-state index >= 15 is 0 Å². The number of methoxy groups -OCH3 is 1. The number of hydrogen-bond donors (Lipinski definition) is 1. The van der Waals surface area contributed by atoms with E-state index in [-0.39, 0.29) is 5.91 Å². The highest BCUT2D eigenvalue weighted by atomic mass is 16.5. The zero-order valence-corrected chi connectivity index (χ0v) is 11.7. The molecule has 0 spiro atoms. The van der Waals surface area contributed by atoms with Gasteiger partial charge in [-0.1, -0.05) is 19.1 Å². The van der Waals surface area contributed by atoms with Gasteiger partial charge in [0.2, 0.25) is 5.91 Å². The van der Waals surface area contributed by atoms with Gasteiger partial charge >= 0.3 is 0 Å². The van der Waals surface area contributed by atoms with Crippen LogP contribution in [0, 0.1) is 5.92 Å². The molecule has 104 valence electrons. The molecule has 1 fully saturated rings. The molecule has 0 aliphatic carbocycles. The second-order valence-electron chi connectivity index (χ2n) is 5.23. The van der Waals surface area contributed by atoms with E-state index in [0.29, 0.717) is 18.2 Å². The number of anilines is 1. The van der Waals surface area contributed by atoms with E-state index in [1.807, 2.05) is 24.3 Å². The Hall–Kier alpha value is -1.55. The second kappa shape index (κ2) is 6.57. The first-order valence-electron chi connectivity index (χ1n) is 6.84. The third kappa shape index (κ3) is 3.96. The summed E-state index contributed by atoms with van der Waals surface area (Å²) in [7, 11) is 1.61. The van der Waals surface area contributed by atoms with E-state index in [0.717, 1.165) is 18.8 Å². The van der Waals surface area contributed by atoms with E-state index in [1.54, 1.807) is 7.11 Å². The normalized spacial score (nSPS) is 20.0. The minimum atomic E-state index is 0.0265. The standard InChI is InChI=1S/C15H22N2O2/c1-12-6-5-9-17(10-12)11-15(18)16-13-7-3-4-8-14(13)19-2/h3-4,7-8,12H,5-6,9-11H2,1-2H3,(H,16,18)/t12-/m0/s1. The van der Waals surface area contributed by atoms with Gasteiger partial charge in [-0.15, -0.1) is 0 Å². The molecule has 0 unspecified atom stereocenters. The smallest absolute Gasteiger partial charge is 0.238 e. The van der Waals surface area contributed by atoms with E-state index in [9.17, 15) is 4.79 Å². The Morgan fingerprint density at radius 3 is 3.00 bits per heavy atom. The molecule has 0 aromatic heterocycles. The summed E-state index contributed by atoms with van der Waals surface area (Å²) in [5, 5.41) is 2.92. The van der Waals surface area contributed by atoms with Gasteiger partial charge in [0, 0.05) is 6.54 Å². The second-order valence-corrected chi connectivity index (χ2v) is 5.23. The molecule has 1 amide bonds. The lowest BCUT2D eigenvalue weighted by atomic mass is 10.0. The monoisotopic (exact) mass is 262 g/mol. The average Bonchev–Trinajstić information content (AvgIpc) is 2.39. The number of hydrogen-bond acceptors (Lipinski definition) is 3. The van der Waals surface area contributed by atoms with Gasteiger partial charge in [-0.25, -0.2) is 0 Å². The molecule has 1 N–H and O–H groups in total. The summed E-state index contributed by atoms with van der Waals surface area (Å²) in [6.45, 7) is 4.73. The van der Waals surface area contributed by atoms with Crippen molar-refractivity contribution in [1.29, 1.82) is 0 Å². The molecule has 4 nitrogen and oxygen atoms in total. The Bertz CT molecular complexity index is 434. The van der Waals surface area contributed by atoms with E-state index in [1.165, 1.54) is 12.8 Å². The Balaban J connectivity index is 1.90. The summed E-state index contributed by atoms with van der Waals surface area (Å²) >= 11 is 0. The number of likely N-dealkylation sites (tertiary alicyclic amines) is 1. The third-order valence-corrected chi connectivity index (χ3v) is 3.49. The number of carbonyl (C=O) groups is 1. The maximum atomic E-state index is 12.0. The molecule has 2 rings (SSSR count). The molecule has 1 aromatic rings. The number of amides is 1. The van der Waals surface area contributed by atoms with Crippen molar-refractivity contribution in [2.75, 3.05) is 32.1 Å². The van der Waals surface area contributed by atoms with Gasteiger partial charge in [-0.05, 0) is 37.4 Å². The molecule has 1 heterocycles. The fourth-order valence-corrected chi connectivity index (χ4v) is 2.57. The van der Waals surface area contributed by atoms with Crippen LogP contribution in [-0.2, 0) is 4.79 Å². The van der Waals surface area contributed by atoms with Crippen LogP contribution in [-0.4, -0.2) is 37.6 Å². The fourth-order valence-electron chi connectivity index (χ4n) is 2.57. The first-order valence-corrected chi connectivity index (χ1v) is 6.84. The maximum absolute atomic E-state index is 12.0. The van der Waals surface area contributed by atoms with Crippen molar-refractivity contribution in [3.63, 3.8) is 0 Å². The van der Waals surface area contributed by atoms with Gasteiger partial charge in [0.05, 0.1) is 19.3 Å². The minimum absolute atomic E-state index is 0.0265. The van der Waals surface area contributed by atoms with Crippen LogP contribution in [0.15, 0.2) is 24.3 Å². The summed E-state index contributed by atoms with van der Waals surface area (Å²) in [5.41, 5.74) is 0.736. The molecule has 1 aromatic carbocycles. The van der Waals surface area contributed by atoms with Gasteiger partial charge < -0.3 is 10.1 Å². The molecule has 1 atom stereocenters. The highest BCUT2D eigenvalue weighted by Crippen LogP contribution is 2.23. The average molecular weight is 262 g/mol. The lowest BCUT2D eigenvalue weighted by Crippen LogP contribution is -2.39. The lowest BCUT2D eigenvalue weighted by molar-refractivity contribution is -0.117. The van der Waals surface area contributed by atoms with Gasteiger partial charge in [0.15, 0.2) is 0 Å². The number of para-hydroxylation sites is 2. The summed E-state index contributed by atoms with van der Waals surface area (Å²) in [6.07, 6.45) is 2.45. The van der Waals surface area contributed by atoms with Crippen LogP contribution >= 0.6 is 0 Å². The molecular formula is C15H22N2O2. The van der Waals surface area contributed by atoms with Crippen LogP contribution in [0.2, 0.25) is 0 Å². The Labute approximate surface area is 114 Å². The fraction of sp³-hybridized carbons (Fsp3) is 0.533. The van der Waals surface area contributed by atoms with Crippen LogP contribution in [0.1, 0.15) is 19.8 Å². The van der Waals surface area contributed by atoms with Crippen molar-refractivity contribution < 1.29 is 9.53 Å². The van der Waals surface area contributed by atoms with E-state index in [2.05, 4.69) is 17.1 Å². The Morgan fingerprint density at radius 1 is 1.47 bits per heavy atom. The first-order chi connectivity index (χ1) is 9.19. The van der Waals surface area contributed by atoms with Crippen LogP contribution in [0.5, 0.6) is 5.75 Å². The van der Waals surface area contributed by atoms with Crippen molar-refractivity contribution >= 4 is 11.6 Å². The summed E-state index contributed by atoms with van der Waals surface area (Å²) in [5.74, 6) is 1.41. The summed E-state index contributed by atoms with van der Waals surface area (Å²) in [4.78, 5) is 14.3. The molecule has 0 bridgehead atoms. The molecule has 1 aliphatic heterocycles. The van der Waals surface area contributed by atoms with Crippen LogP contribution in [0.25, 0.3) is 0 Å². The predicted molar refractivity (Wildman–Crippen MR) is 76.5 cm³/mol. The maximum Gasteiger partial charge on any atom is 0.238 e.